The number of fused-ring (bicyclic) bond motifs is 1. The Morgan fingerprint density at radius 3 is 2.73 bits per heavy atom. The second-order valence-corrected chi connectivity index (χ2v) is 8.37. The van der Waals surface area contributed by atoms with E-state index in [4.69, 9.17) is 4.74 Å². The number of thioether (sulfide) groups is 1. The first-order chi connectivity index (χ1) is 12.5. The van der Waals surface area contributed by atoms with Crippen molar-refractivity contribution in [1.29, 1.82) is 0 Å². The number of benzene rings is 1. The van der Waals surface area contributed by atoms with Gasteiger partial charge in [0.1, 0.15) is 11.1 Å². The van der Waals surface area contributed by atoms with Gasteiger partial charge in [0.2, 0.25) is 5.91 Å². The van der Waals surface area contributed by atoms with Crippen molar-refractivity contribution in [2.24, 2.45) is 0 Å². The molecular weight excluding hydrogens is 370 g/mol. The lowest BCUT2D eigenvalue weighted by molar-refractivity contribution is -0.114. The Labute approximate surface area is 160 Å². The van der Waals surface area contributed by atoms with E-state index in [1.54, 1.807) is 18.7 Å². The highest BCUT2D eigenvalue weighted by Gasteiger charge is 2.36. The first kappa shape index (κ1) is 18.9. The predicted octanol–water partition coefficient (Wildman–Crippen LogP) is 4.02. The number of thiophene rings is 1. The number of aliphatic hydroxyl groups excluding tert-OH is 1. The molecule has 26 heavy (non-hydrogen) atoms. The molecule has 5 nitrogen and oxygen atoms in total. The van der Waals surface area contributed by atoms with Crippen LogP contribution in [0.2, 0.25) is 0 Å². The molecule has 0 fully saturated rings. The molecule has 7 heteroatoms. The fourth-order valence-electron chi connectivity index (χ4n) is 3.05. The van der Waals surface area contributed by atoms with Crippen LogP contribution in [-0.4, -0.2) is 28.8 Å². The summed E-state index contributed by atoms with van der Waals surface area (Å²) >= 11 is 2.91. The molecule has 1 aliphatic rings. The monoisotopic (exact) mass is 391 g/mol. The average Bonchev–Trinajstić information content (AvgIpc) is 2.97. The molecule has 2 N–H and O–H groups in total. The maximum absolute atomic E-state index is 12.4. The molecule has 2 aromatic rings. The van der Waals surface area contributed by atoms with Gasteiger partial charge in [-0.2, -0.15) is 0 Å². The Morgan fingerprint density at radius 2 is 2.08 bits per heavy atom. The standard InChI is InChI=1S/C19H21NO4S2/c1-3-24-19(23)15-13-9-10-14(25-12-7-5-4-6-8-12)16(22)17(13)26-18(15)20-11(2)21/h4-8,14,16,22H,3,9-10H2,1-2H3,(H,20,21)/t14-,16-/m0/s1. The van der Waals surface area contributed by atoms with Crippen LogP contribution in [0.1, 0.15) is 47.2 Å². The third-order valence-corrected chi connectivity index (χ3v) is 6.70. The largest absolute Gasteiger partial charge is 0.462 e. The molecule has 0 bridgehead atoms. The lowest BCUT2D eigenvalue weighted by Crippen LogP contribution is -2.22. The topological polar surface area (TPSA) is 75.6 Å². The van der Waals surface area contributed by atoms with Gasteiger partial charge in [0.15, 0.2) is 0 Å². The lowest BCUT2D eigenvalue weighted by Gasteiger charge is -2.27. The Bertz CT molecular complexity index is 803. The van der Waals surface area contributed by atoms with Gasteiger partial charge in [0.25, 0.3) is 0 Å². The maximum atomic E-state index is 12.4. The van der Waals surface area contributed by atoms with Crippen LogP contribution >= 0.6 is 23.1 Å². The van der Waals surface area contributed by atoms with Crippen LogP contribution in [0.4, 0.5) is 5.00 Å². The van der Waals surface area contributed by atoms with Gasteiger partial charge in [-0.15, -0.1) is 23.1 Å². The first-order valence-corrected chi connectivity index (χ1v) is 10.2. The van der Waals surface area contributed by atoms with E-state index < -0.39 is 12.1 Å². The van der Waals surface area contributed by atoms with Crippen molar-refractivity contribution in [2.75, 3.05) is 11.9 Å². The number of esters is 1. The molecule has 0 saturated heterocycles. The minimum absolute atomic E-state index is 0.00349. The molecule has 138 valence electrons. The number of hydrogen-bond acceptors (Lipinski definition) is 6. The van der Waals surface area contributed by atoms with E-state index >= 15 is 0 Å². The molecule has 1 aromatic carbocycles. The number of carbonyl (C=O) groups excluding carboxylic acids is 2. The third-order valence-electron chi connectivity index (χ3n) is 4.14. The molecule has 1 aromatic heterocycles. The zero-order valence-corrected chi connectivity index (χ0v) is 16.3. The second-order valence-electron chi connectivity index (χ2n) is 6.00. The molecular formula is C19H21NO4S2. The Balaban J connectivity index is 1.91. The summed E-state index contributed by atoms with van der Waals surface area (Å²) in [6, 6.07) is 9.95. The normalized spacial score (nSPS) is 18.9. The summed E-state index contributed by atoms with van der Waals surface area (Å²) in [5.41, 5.74) is 1.19. The SMILES string of the molecule is CCOC(=O)c1c(NC(C)=O)sc2c1CC[C@H](Sc1ccccc1)[C@@H]2O. The van der Waals surface area contributed by atoms with Gasteiger partial charge in [-0.3, -0.25) is 4.79 Å². The van der Waals surface area contributed by atoms with Crippen molar-refractivity contribution in [3.05, 3.63) is 46.3 Å². The molecule has 3 rings (SSSR count). The van der Waals surface area contributed by atoms with E-state index in [1.165, 1.54) is 18.3 Å². The summed E-state index contributed by atoms with van der Waals surface area (Å²) in [7, 11) is 0. The number of rotatable bonds is 5. The maximum Gasteiger partial charge on any atom is 0.341 e. The van der Waals surface area contributed by atoms with Crippen molar-refractivity contribution >= 4 is 40.0 Å². The van der Waals surface area contributed by atoms with E-state index in [0.717, 1.165) is 21.8 Å². The highest BCUT2D eigenvalue weighted by atomic mass is 32.2. The van der Waals surface area contributed by atoms with Crippen molar-refractivity contribution in [1.82, 2.24) is 0 Å². The van der Waals surface area contributed by atoms with Gasteiger partial charge in [-0.1, -0.05) is 18.2 Å². The van der Waals surface area contributed by atoms with Crippen LogP contribution in [0.5, 0.6) is 0 Å². The number of aliphatic hydroxyl groups is 1. The molecule has 1 amide bonds. The molecule has 1 heterocycles. The quantitative estimate of drug-likeness (QED) is 0.753. The van der Waals surface area contributed by atoms with Crippen LogP contribution in [0.25, 0.3) is 0 Å². The first-order valence-electron chi connectivity index (χ1n) is 8.51. The van der Waals surface area contributed by atoms with E-state index in [9.17, 15) is 14.7 Å². The lowest BCUT2D eigenvalue weighted by atomic mass is 9.93. The van der Waals surface area contributed by atoms with Crippen molar-refractivity contribution < 1.29 is 19.4 Å². The van der Waals surface area contributed by atoms with Crippen LogP contribution in [0.3, 0.4) is 0 Å². The predicted molar refractivity (Wildman–Crippen MR) is 104 cm³/mol. The van der Waals surface area contributed by atoms with Crippen LogP contribution in [0, 0.1) is 0 Å². The number of amides is 1. The highest BCUT2D eigenvalue weighted by Crippen LogP contribution is 2.47. The fraction of sp³-hybridized carbons (Fsp3) is 0.368. The van der Waals surface area contributed by atoms with Gasteiger partial charge < -0.3 is 15.2 Å². The smallest absolute Gasteiger partial charge is 0.341 e. The number of ether oxygens (including phenoxy) is 1. The van der Waals surface area contributed by atoms with Gasteiger partial charge in [-0.05, 0) is 37.5 Å². The average molecular weight is 392 g/mol. The van der Waals surface area contributed by atoms with E-state index in [2.05, 4.69) is 5.32 Å². The Hall–Kier alpha value is -1.83. The van der Waals surface area contributed by atoms with E-state index in [-0.39, 0.29) is 17.8 Å². The van der Waals surface area contributed by atoms with Crippen LogP contribution in [0.15, 0.2) is 35.2 Å². The molecule has 0 radical (unpaired) electrons. The molecule has 0 unspecified atom stereocenters. The Kier molecular flexibility index (Phi) is 6.01. The van der Waals surface area contributed by atoms with Crippen molar-refractivity contribution in [3.63, 3.8) is 0 Å². The summed E-state index contributed by atoms with van der Waals surface area (Å²) in [5.74, 6) is -0.700. The summed E-state index contributed by atoms with van der Waals surface area (Å²) < 4.78 is 5.16. The molecule has 0 spiro atoms. The van der Waals surface area contributed by atoms with Crippen LogP contribution in [-0.2, 0) is 16.0 Å². The van der Waals surface area contributed by atoms with Crippen LogP contribution < -0.4 is 5.32 Å². The Morgan fingerprint density at radius 1 is 1.35 bits per heavy atom. The number of hydrogen-bond donors (Lipinski definition) is 2. The summed E-state index contributed by atoms with van der Waals surface area (Å²) in [5, 5.41) is 14.1. The van der Waals surface area contributed by atoms with E-state index in [0.29, 0.717) is 17.0 Å². The van der Waals surface area contributed by atoms with Gasteiger partial charge in [0.05, 0.1) is 12.2 Å². The van der Waals surface area contributed by atoms with Gasteiger partial charge in [0, 0.05) is 21.9 Å². The number of carbonyl (C=O) groups is 2. The summed E-state index contributed by atoms with van der Waals surface area (Å²) in [6.45, 7) is 3.41. The zero-order chi connectivity index (χ0) is 18.7. The number of anilines is 1. The summed E-state index contributed by atoms with van der Waals surface area (Å²) in [6.07, 6.45) is 0.724. The van der Waals surface area contributed by atoms with Gasteiger partial charge >= 0.3 is 5.97 Å². The minimum atomic E-state index is -0.690. The van der Waals surface area contributed by atoms with Crippen molar-refractivity contribution in [3.8, 4) is 0 Å². The third kappa shape index (κ3) is 3.95. The molecule has 2 atom stereocenters. The van der Waals surface area contributed by atoms with E-state index in [1.807, 2.05) is 30.3 Å². The summed E-state index contributed by atoms with van der Waals surface area (Å²) in [4.78, 5) is 25.8. The molecule has 0 aliphatic heterocycles. The minimum Gasteiger partial charge on any atom is -0.462 e. The fourth-order valence-corrected chi connectivity index (χ4v) is 5.63. The second kappa shape index (κ2) is 8.24. The van der Waals surface area contributed by atoms with Crippen molar-refractivity contribution in [2.45, 2.75) is 42.9 Å². The highest BCUT2D eigenvalue weighted by molar-refractivity contribution is 8.00. The molecule has 1 aliphatic carbocycles. The molecule has 0 saturated carbocycles. The zero-order valence-electron chi connectivity index (χ0n) is 14.7. The van der Waals surface area contributed by atoms with Gasteiger partial charge in [-0.25, -0.2) is 4.79 Å². The number of nitrogens with one attached hydrogen (secondary N) is 1.